The summed E-state index contributed by atoms with van der Waals surface area (Å²) in [5.41, 5.74) is 0. The summed E-state index contributed by atoms with van der Waals surface area (Å²) >= 11 is 0. The van der Waals surface area contributed by atoms with Gasteiger partial charge >= 0.3 is 0 Å². The fraction of sp³-hybridized carbons (Fsp3) is 0.929. The monoisotopic (exact) mass is 302 g/mol. The Hall–Kier alpha value is -0.620. The van der Waals surface area contributed by atoms with E-state index in [4.69, 9.17) is 0 Å². The van der Waals surface area contributed by atoms with Gasteiger partial charge < -0.3 is 10.2 Å². The molecule has 0 radical (unpaired) electrons. The summed E-state index contributed by atoms with van der Waals surface area (Å²) in [7, 11) is -2.94. The van der Waals surface area contributed by atoms with Crippen LogP contribution in [0.5, 0.6) is 0 Å². The zero-order valence-electron chi connectivity index (χ0n) is 12.3. The molecule has 116 valence electrons. The highest BCUT2D eigenvalue weighted by molar-refractivity contribution is 7.91. The number of hydrogen-bond acceptors (Lipinski definition) is 4. The predicted molar refractivity (Wildman–Crippen MR) is 79.3 cm³/mol. The van der Waals surface area contributed by atoms with Crippen molar-refractivity contribution in [3.8, 4) is 0 Å². The fourth-order valence-corrected chi connectivity index (χ4v) is 4.82. The van der Waals surface area contributed by atoms with Crippen LogP contribution in [0, 0.1) is 0 Å². The Balaban J connectivity index is 2.04. The van der Waals surface area contributed by atoms with Gasteiger partial charge in [-0.05, 0) is 32.2 Å². The minimum atomic E-state index is -2.94. The second kappa shape index (κ2) is 6.89. The van der Waals surface area contributed by atoms with Crippen LogP contribution >= 0.6 is 0 Å². The molecule has 0 spiro atoms. The van der Waals surface area contributed by atoms with Crippen molar-refractivity contribution in [2.75, 3.05) is 24.6 Å². The molecule has 2 heterocycles. The highest BCUT2D eigenvalue weighted by Gasteiger charge is 2.36. The zero-order chi connectivity index (χ0) is 14.6. The van der Waals surface area contributed by atoms with E-state index in [0.717, 1.165) is 38.6 Å². The lowest BCUT2D eigenvalue weighted by Gasteiger charge is -2.33. The third-order valence-electron chi connectivity index (χ3n) is 4.29. The van der Waals surface area contributed by atoms with Crippen LogP contribution in [0.2, 0.25) is 0 Å². The summed E-state index contributed by atoms with van der Waals surface area (Å²) in [4.78, 5) is 14.5. The van der Waals surface area contributed by atoms with Crippen molar-refractivity contribution >= 4 is 15.7 Å². The lowest BCUT2D eigenvalue weighted by Crippen LogP contribution is -2.52. The van der Waals surface area contributed by atoms with Gasteiger partial charge in [0.1, 0.15) is 0 Å². The number of nitrogens with one attached hydrogen (secondary N) is 1. The molecule has 0 aliphatic carbocycles. The van der Waals surface area contributed by atoms with Crippen LogP contribution in [-0.2, 0) is 14.6 Å². The summed E-state index contributed by atoms with van der Waals surface area (Å²) in [5.74, 6) is 0.487. The Morgan fingerprint density at radius 2 is 2.10 bits per heavy atom. The Bertz CT molecular complexity index is 430. The van der Waals surface area contributed by atoms with Crippen LogP contribution in [0.25, 0.3) is 0 Å². The lowest BCUT2D eigenvalue weighted by molar-refractivity contribution is -0.136. The predicted octanol–water partition coefficient (Wildman–Crippen LogP) is 0.944. The van der Waals surface area contributed by atoms with Gasteiger partial charge in [0.15, 0.2) is 9.84 Å². The van der Waals surface area contributed by atoms with E-state index >= 15 is 0 Å². The maximum Gasteiger partial charge on any atom is 0.239 e. The van der Waals surface area contributed by atoms with Crippen LogP contribution in [0.3, 0.4) is 0 Å². The van der Waals surface area contributed by atoms with E-state index in [9.17, 15) is 13.2 Å². The number of piperidine rings is 1. The van der Waals surface area contributed by atoms with E-state index in [1.807, 2.05) is 4.90 Å². The molecule has 5 nitrogen and oxygen atoms in total. The summed E-state index contributed by atoms with van der Waals surface area (Å²) < 4.78 is 23.3. The van der Waals surface area contributed by atoms with Crippen LogP contribution < -0.4 is 5.32 Å². The van der Waals surface area contributed by atoms with Crippen molar-refractivity contribution in [2.24, 2.45) is 0 Å². The minimum Gasteiger partial charge on any atom is -0.337 e. The number of carbonyl (C=O) groups is 1. The lowest BCUT2D eigenvalue weighted by atomic mass is 10.0. The SMILES string of the molecule is CCCCN(C(=O)C1CCCCN1)C1CCS(=O)(=O)C1. The second-order valence-corrected chi connectivity index (χ2v) is 8.17. The van der Waals surface area contributed by atoms with E-state index < -0.39 is 9.84 Å². The van der Waals surface area contributed by atoms with Gasteiger partial charge in [0, 0.05) is 12.6 Å². The summed E-state index contributed by atoms with van der Waals surface area (Å²) in [6, 6.07) is -0.216. The number of nitrogens with zero attached hydrogens (tertiary/aromatic N) is 1. The molecule has 2 fully saturated rings. The molecule has 2 saturated heterocycles. The van der Waals surface area contributed by atoms with Gasteiger partial charge in [-0.2, -0.15) is 0 Å². The van der Waals surface area contributed by atoms with Crippen LogP contribution in [0.1, 0.15) is 45.4 Å². The number of unbranched alkanes of at least 4 members (excludes halogenated alkanes) is 1. The van der Waals surface area contributed by atoms with Gasteiger partial charge in [0.2, 0.25) is 5.91 Å². The van der Waals surface area contributed by atoms with E-state index in [-0.39, 0.29) is 29.5 Å². The standard InChI is InChI=1S/C14H26N2O3S/c1-2-3-9-16(12-7-10-20(18,19)11-12)14(17)13-6-4-5-8-15-13/h12-13,15H,2-11H2,1H3. The van der Waals surface area contributed by atoms with Crippen molar-refractivity contribution in [3.05, 3.63) is 0 Å². The Kier molecular flexibility index (Phi) is 5.43. The summed E-state index contributed by atoms with van der Waals surface area (Å²) in [5, 5.41) is 3.28. The van der Waals surface area contributed by atoms with Gasteiger partial charge in [-0.15, -0.1) is 0 Å². The smallest absolute Gasteiger partial charge is 0.239 e. The number of rotatable bonds is 5. The summed E-state index contributed by atoms with van der Waals surface area (Å²) in [6.45, 7) is 3.67. The molecule has 0 bridgehead atoms. The molecule has 2 aliphatic rings. The first kappa shape index (κ1) is 15.8. The molecule has 2 rings (SSSR count). The van der Waals surface area contributed by atoms with Gasteiger partial charge in [0.05, 0.1) is 17.5 Å². The van der Waals surface area contributed by atoms with Crippen molar-refractivity contribution in [1.29, 1.82) is 0 Å². The van der Waals surface area contributed by atoms with Gasteiger partial charge in [0.25, 0.3) is 0 Å². The first-order chi connectivity index (χ1) is 9.53. The van der Waals surface area contributed by atoms with Crippen molar-refractivity contribution in [3.63, 3.8) is 0 Å². The molecule has 0 saturated carbocycles. The highest BCUT2D eigenvalue weighted by atomic mass is 32.2. The summed E-state index contributed by atoms with van der Waals surface area (Å²) in [6.07, 6.45) is 5.63. The molecule has 0 aromatic heterocycles. The normalized spacial score (nSPS) is 29.2. The van der Waals surface area contributed by atoms with Gasteiger partial charge in [-0.1, -0.05) is 19.8 Å². The maximum atomic E-state index is 12.7. The molecule has 1 amide bonds. The van der Waals surface area contributed by atoms with Gasteiger partial charge in [-0.3, -0.25) is 4.79 Å². The zero-order valence-corrected chi connectivity index (χ0v) is 13.1. The van der Waals surface area contributed by atoms with Crippen LogP contribution in [0.15, 0.2) is 0 Å². The molecule has 2 unspecified atom stereocenters. The fourth-order valence-electron chi connectivity index (χ4n) is 3.09. The number of amides is 1. The molecule has 2 atom stereocenters. The number of hydrogen-bond donors (Lipinski definition) is 1. The highest BCUT2D eigenvalue weighted by Crippen LogP contribution is 2.21. The van der Waals surface area contributed by atoms with E-state index in [1.54, 1.807) is 0 Å². The van der Waals surface area contributed by atoms with E-state index in [0.29, 0.717) is 13.0 Å². The van der Waals surface area contributed by atoms with Crippen molar-refractivity contribution in [2.45, 2.75) is 57.5 Å². The molecule has 0 aromatic rings. The van der Waals surface area contributed by atoms with Crippen LogP contribution in [0.4, 0.5) is 0 Å². The quantitative estimate of drug-likeness (QED) is 0.821. The van der Waals surface area contributed by atoms with Crippen LogP contribution in [-0.4, -0.2) is 55.9 Å². The number of sulfone groups is 1. The second-order valence-electron chi connectivity index (χ2n) is 5.94. The third kappa shape index (κ3) is 3.95. The molecule has 2 aliphatic heterocycles. The minimum absolute atomic E-state index is 0.107. The average Bonchev–Trinajstić information content (AvgIpc) is 2.80. The van der Waals surface area contributed by atoms with Crippen molar-refractivity contribution < 1.29 is 13.2 Å². The topological polar surface area (TPSA) is 66.5 Å². The first-order valence-corrected chi connectivity index (χ1v) is 9.60. The largest absolute Gasteiger partial charge is 0.337 e. The Morgan fingerprint density at radius 3 is 2.65 bits per heavy atom. The molecule has 20 heavy (non-hydrogen) atoms. The number of carbonyl (C=O) groups excluding carboxylic acids is 1. The molecule has 6 heteroatoms. The average molecular weight is 302 g/mol. The molecular weight excluding hydrogens is 276 g/mol. The Labute approximate surface area is 122 Å². The maximum absolute atomic E-state index is 12.7. The van der Waals surface area contributed by atoms with E-state index in [2.05, 4.69) is 12.2 Å². The first-order valence-electron chi connectivity index (χ1n) is 7.78. The molecular formula is C14H26N2O3S. The molecule has 0 aromatic carbocycles. The van der Waals surface area contributed by atoms with E-state index in [1.165, 1.54) is 0 Å². The van der Waals surface area contributed by atoms with Gasteiger partial charge in [-0.25, -0.2) is 8.42 Å². The third-order valence-corrected chi connectivity index (χ3v) is 6.04. The Morgan fingerprint density at radius 1 is 1.30 bits per heavy atom. The molecule has 1 N–H and O–H groups in total. The van der Waals surface area contributed by atoms with Crippen molar-refractivity contribution in [1.82, 2.24) is 10.2 Å².